The summed E-state index contributed by atoms with van der Waals surface area (Å²) in [6.07, 6.45) is 0. The number of anilines is 2. The molecular formula is C35H25ClN9Na5O19S6. The third kappa shape index (κ3) is 20.0. The van der Waals surface area contributed by atoms with E-state index in [9.17, 15) is 73.8 Å². The van der Waals surface area contributed by atoms with Crippen molar-refractivity contribution in [3.63, 3.8) is 0 Å². The van der Waals surface area contributed by atoms with Crippen LogP contribution in [0.15, 0.2) is 136 Å². The van der Waals surface area contributed by atoms with Crippen LogP contribution < -0.4 is 163 Å². The number of sulfone groups is 1. The molecule has 2 N–H and O–H groups in total. The number of rotatable bonds is 18. The molecule has 372 valence electrons. The summed E-state index contributed by atoms with van der Waals surface area (Å²) in [5.41, 5.74) is -3.77. The van der Waals surface area contributed by atoms with Gasteiger partial charge in [-0.05, 0) is 83.7 Å². The zero-order valence-electron chi connectivity index (χ0n) is 39.2. The molecule has 40 heteroatoms. The van der Waals surface area contributed by atoms with Crippen molar-refractivity contribution in [2.24, 2.45) is 25.4 Å². The van der Waals surface area contributed by atoms with Crippen molar-refractivity contribution in [3.05, 3.63) is 102 Å². The van der Waals surface area contributed by atoms with Gasteiger partial charge in [0.1, 0.15) is 46.2 Å². The molecule has 75 heavy (non-hydrogen) atoms. The molecule has 6 aromatic rings. The first-order valence-electron chi connectivity index (χ1n) is 18.4. The Morgan fingerprint density at radius 3 is 1.75 bits per heavy atom. The molecule has 1 aromatic heterocycles. The molecule has 0 atom stereocenters. The molecule has 0 saturated carbocycles. The van der Waals surface area contributed by atoms with Crippen LogP contribution in [0, 0.1) is 0 Å². The first kappa shape index (κ1) is 71.7. The van der Waals surface area contributed by atoms with Crippen LogP contribution in [0.1, 0.15) is 0 Å². The Balaban J connectivity index is 0.00000562. The van der Waals surface area contributed by atoms with Crippen molar-refractivity contribution in [2.45, 2.75) is 19.6 Å². The topological polar surface area (TPSA) is 456 Å². The van der Waals surface area contributed by atoms with E-state index in [2.05, 4.69) is 44.6 Å². The predicted octanol–water partition coefficient (Wildman–Crippen LogP) is -12.2. The van der Waals surface area contributed by atoms with Gasteiger partial charge in [-0.1, -0.05) is 30.0 Å². The molecule has 5 aromatic carbocycles. The Labute approximate surface area is 542 Å². The smallest absolute Gasteiger partial charge is 0.871 e. The van der Waals surface area contributed by atoms with Crippen molar-refractivity contribution in [1.82, 2.24) is 15.0 Å². The number of hydrogen-bond acceptors (Lipinski definition) is 26. The number of H-pyrrole nitrogens is 1. The summed E-state index contributed by atoms with van der Waals surface area (Å²) in [7, 11) is -31.1. The first-order valence-corrected chi connectivity index (χ1v) is 27.6. The fourth-order valence-electron chi connectivity index (χ4n) is 5.97. The maximum absolute atomic E-state index is 13.9. The maximum atomic E-state index is 13.9. The minimum atomic E-state index is -5.88. The average Bonchev–Trinajstić information content (AvgIpc) is 3.23. The van der Waals surface area contributed by atoms with Crippen LogP contribution in [0.5, 0.6) is 5.75 Å². The van der Waals surface area contributed by atoms with E-state index in [0.29, 0.717) is 6.07 Å². The van der Waals surface area contributed by atoms with Crippen molar-refractivity contribution < 1.29 is 230 Å². The molecule has 0 aliphatic heterocycles. The van der Waals surface area contributed by atoms with Gasteiger partial charge in [-0.25, -0.2) is 51.3 Å². The Morgan fingerprint density at radius 1 is 0.613 bits per heavy atom. The quantitative estimate of drug-likeness (QED) is 0.0458. The molecule has 0 saturated heterocycles. The molecule has 0 amide bonds. The second-order valence-corrected chi connectivity index (χ2v) is 22.8. The fraction of sp³-hybridized carbons (Fsp3) is 0.114. The standard InChI is InChI=1S/C35H30ClN9O19S6.5Na/c36-33-38-34(40-35(39-33)45(22-4-2-1-3-5-22)14-16-65(47,48)17-15-64-70(61,62)63)37-27-13-11-24-25(32(27)69(58,59)60)19-29(68(55,56)57)30(31(24)46)44-43-26-12-8-21(18-28(26)67(52,53)54)42-41-20-6-9-23(10-7-20)66(49,50)51;;;;;/h1-13,18-19,46H,14-17H2,(H,49,50,51)(H,52,53,54)(H,55,56,57)(H,58,59,60)(H,61,62,63)(H,37,38,39,40);;;;;/q;5*+1/p-5. The van der Waals surface area contributed by atoms with Crippen LogP contribution in [0.2, 0.25) is 5.28 Å². The third-order valence-electron chi connectivity index (χ3n) is 8.96. The molecule has 0 bridgehead atoms. The van der Waals surface area contributed by atoms with Crippen LogP contribution in [0.4, 0.5) is 40.1 Å². The Kier molecular flexibility index (Phi) is 27.7. The Morgan fingerprint density at radius 2 is 1.19 bits per heavy atom. The molecule has 0 spiro atoms. The van der Waals surface area contributed by atoms with E-state index in [1.807, 2.05) is 0 Å². The van der Waals surface area contributed by atoms with Crippen LogP contribution in [-0.4, -0.2) is 113 Å². The number of aromatic nitrogens is 3. The summed E-state index contributed by atoms with van der Waals surface area (Å²) in [6.45, 7) is -1.37. The predicted molar refractivity (Wildman–Crippen MR) is 233 cm³/mol. The summed E-state index contributed by atoms with van der Waals surface area (Å²) in [5.74, 6) is -3.43. The minimum Gasteiger partial charge on any atom is -0.871 e. The van der Waals surface area contributed by atoms with Gasteiger partial charge in [0.05, 0.1) is 60.4 Å². The van der Waals surface area contributed by atoms with Crippen LogP contribution >= 0.6 is 11.6 Å². The Bertz CT molecular complexity index is 3910. The van der Waals surface area contributed by atoms with Gasteiger partial charge in [-0.3, -0.25) is 9.54 Å². The van der Waals surface area contributed by atoms with Crippen molar-refractivity contribution in [1.29, 1.82) is 0 Å². The largest absolute Gasteiger partial charge is 1.00 e. The van der Waals surface area contributed by atoms with E-state index in [0.717, 1.165) is 48.5 Å². The van der Waals surface area contributed by atoms with Gasteiger partial charge in [0.15, 0.2) is 9.84 Å². The number of hydrogen-bond donors (Lipinski definition) is 2. The third-order valence-corrected chi connectivity index (χ3v) is 14.7. The summed E-state index contributed by atoms with van der Waals surface area (Å²) in [4.78, 5) is 10.9. The molecule has 0 aliphatic carbocycles. The van der Waals surface area contributed by atoms with Gasteiger partial charge in [0.2, 0.25) is 16.9 Å². The molecule has 28 nitrogen and oxygen atoms in total. The van der Waals surface area contributed by atoms with Gasteiger partial charge in [-0.2, -0.15) is 28.6 Å². The molecule has 1 heterocycles. The number of azo groups is 2. The number of para-hydroxylation sites is 1. The van der Waals surface area contributed by atoms with Crippen LogP contribution in [0.25, 0.3) is 10.8 Å². The number of fused-ring (bicyclic) bond motifs is 1. The van der Waals surface area contributed by atoms with Crippen molar-refractivity contribution in [3.8, 4) is 5.75 Å². The average molecular weight is 1220 g/mol. The number of halogens is 1. The second-order valence-electron chi connectivity index (χ2n) is 13.7. The van der Waals surface area contributed by atoms with Gasteiger partial charge in [0.25, 0.3) is 0 Å². The monoisotopic (exact) mass is 1220 g/mol. The van der Waals surface area contributed by atoms with Crippen molar-refractivity contribution in [2.75, 3.05) is 29.6 Å². The zero-order valence-corrected chi connectivity index (χ0v) is 54.8. The maximum Gasteiger partial charge on any atom is 1.00 e. The zero-order chi connectivity index (χ0) is 51.6. The van der Waals surface area contributed by atoms with E-state index in [1.165, 1.54) is 17.0 Å². The van der Waals surface area contributed by atoms with Crippen LogP contribution in [0.3, 0.4) is 0 Å². The molecule has 0 radical (unpaired) electrons. The van der Waals surface area contributed by atoms with Gasteiger partial charge < -0.3 is 28.2 Å². The minimum absolute atomic E-state index is 0. The first-order chi connectivity index (χ1) is 32.4. The van der Waals surface area contributed by atoms with Gasteiger partial charge >= 0.3 is 158 Å². The normalized spacial score (nSPS) is 12.5. The number of nitrogens with one attached hydrogen (secondary N) is 1. The van der Waals surface area contributed by atoms with Gasteiger partial charge in [-0.15, -0.1) is 10.2 Å². The van der Waals surface area contributed by atoms with E-state index in [-0.39, 0.29) is 177 Å². The molecular weight excluding hydrogens is 1190 g/mol. The molecule has 6 rings (SSSR count). The SMILES string of the molecule is O=S(=O)(CCOS(=O)(=O)O)CCN(c1ccccc1)c1nc(Cl)nc(=Nc2ccc3c([O-])c(N=Nc4ccc(N=Nc5ccc(S(=O)(=O)[O-])cc5)cc4S(=O)(=O)[O-])c(S(=O)(=O)[O-])cc3c2S(=O)(=O)[O-])[nH]1.[Na+].[Na+].[Na+].[Na+].[Na+]. The van der Waals surface area contributed by atoms with E-state index >= 15 is 0 Å². The molecule has 0 fully saturated rings. The van der Waals surface area contributed by atoms with E-state index in [1.54, 1.807) is 18.2 Å². The van der Waals surface area contributed by atoms with Crippen molar-refractivity contribution >= 4 is 123 Å². The molecule has 0 unspecified atom stereocenters. The van der Waals surface area contributed by atoms with E-state index in [4.69, 9.17) is 16.2 Å². The number of benzene rings is 5. The Hall–Kier alpha value is -1.28. The van der Waals surface area contributed by atoms with E-state index < -0.39 is 149 Å². The summed E-state index contributed by atoms with van der Waals surface area (Å²) in [6, 6.07) is 16.0. The van der Waals surface area contributed by atoms with Crippen LogP contribution in [-0.2, 0) is 64.9 Å². The second kappa shape index (κ2) is 28.9. The number of aromatic amines is 1. The number of nitrogens with zero attached hydrogens (tertiary/aromatic N) is 8. The summed E-state index contributed by atoms with van der Waals surface area (Å²) < 4.78 is 207. The summed E-state index contributed by atoms with van der Waals surface area (Å²) in [5, 5.41) is 25.9. The summed E-state index contributed by atoms with van der Waals surface area (Å²) >= 11 is 6.18. The molecule has 0 aliphatic rings. The van der Waals surface area contributed by atoms with Gasteiger partial charge in [0, 0.05) is 17.6 Å². The fourth-order valence-corrected chi connectivity index (χ4v) is 10.1.